The van der Waals surface area contributed by atoms with Crippen molar-refractivity contribution < 1.29 is 4.79 Å². The number of rotatable bonds is 3. The average Bonchev–Trinajstić information content (AvgIpc) is 3.04. The number of fused-ring (bicyclic) bond motifs is 1. The minimum atomic E-state index is -0.139. The maximum Gasteiger partial charge on any atom is 0.319 e. The van der Waals surface area contributed by atoms with E-state index in [-0.39, 0.29) is 6.03 Å². The van der Waals surface area contributed by atoms with Gasteiger partial charge in [0.1, 0.15) is 0 Å². The van der Waals surface area contributed by atoms with Crippen LogP contribution in [0.4, 0.5) is 10.5 Å². The molecule has 0 aliphatic heterocycles. The van der Waals surface area contributed by atoms with Crippen LogP contribution in [0.5, 0.6) is 0 Å². The Labute approximate surface area is 98.6 Å². The number of H-pyrrole nitrogens is 1. The number of nitrogens with zero attached hydrogens (tertiary/aromatic N) is 1. The average molecular weight is 230 g/mol. The van der Waals surface area contributed by atoms with Crippen LogP contribution in [0, 0.1) is 5.92 Å². The second-order valence-electron chi connectivity index (χ2n) is 4.45. The Balaban J connectivity index is 1.64. The van der Waals surface area contributed by atoms with Crippen LogP contribution in [0.2, 0.25) is 0 Å². The third-order valence-electron chi connectivity index (χ3n) is 2.95. The van der Waals surface area contributed by atoms with Gasteiger partial charge in [0, 0.05) is 17.6 Å². The van der Waals surface area contributed by atoms with Gasteiger partial charge in [0.25, 0.3) is 0 Å². The lowest BCUT2D eigenvalue weighted by atomic mass is 10.2. The molecule has 3 rings (SSSR count). The van der Waals surface area contributed by atoms with Crippen LogP contribution >= 0.6 is 0 Å². The molecule has 2 aromatic rings. The van der Waals surface area contributed by atoms with Crippen LogP contribution in [0.1, 0.15) is 12.8 Å². The number of amides is 2. The van der Waals surface area contributed by atoms with E-state index in [1.807, 2.05) is 18.2 Å². The number of carbonyl (C=O) groups excluding carboxylic acids is 1. The van der Waals surface area contributed by atoms with Crippen LogP contribution in [0.3, 0.4) is 0 Å². The predicted octanol–water partition coefficient (Wildman–Crippen LogP) is 2.09. The Kier molecular flexibility index (Phi) is 2.44. The Morgan fingerprint density at radius 2 is 2.35 bits per heavy atom. The van der Waals surface area contributed by atoms with E-state index in [2.05, 4.69) is 20.8 Å². The maximum absolute atomic E-state index is 11.6. The minimum absolute atomic E-state index is 0.139. The predicted molar refractivity (Wildman–Crippen MR) is 65.8 cm³/mol. The molecule has 1 aromatic heterocycles. The van der Waals surface area contributed by atoms with E-state index >= 15 is 0 Å². The van der Waals surface area contributed by atoms with Gasteiger partial charge in [-0.2, -0.15) is 5.10 Å². The monoisotopic (exact) mass is 230 g/mol. The molecule has 1 aliphatic carbocycles. The third-order valence-corrected chi connectivity index (χ3v) is 2.95. The number of anilines is 1. The molecule has 0 atom stereocenters. The van der Waals surface area contributed by atoms with Crippen molar-refractivity contribution in [1.82, 2.24) is 15.5 Å². The fourth-order valence-electron chi connectivity index (χ4n) is 1.75. The molecular formula is C12H14N4O. The first-order valence-corrected chi connectivity index (χ1v) is 5.79. The summed E-state index contributed by atoms with van der Waals surface area (Å²) < 4.78 is 0. The Bertz CT molecular complexity index is 544. The summed E-state index contributed by atoms with van der Waals surface area (Å²) >= 11 is 0. The fraction of sp³-hybridized carbons (Fsp3) is 0.333. The molecule has 88 valence electrons. The largest absolute Gasteiger partial charge is 0.338 e. The zero-order valence-corrected chi connectivity index (χ0v) is 9.36. The number of nitrogens with one attached hydrogen (secondary N) is 3. The van der Waals surface area contributed by atoms with Crippen molar-refractivity contribution in [2.24, 2.45) is 5.92 Å². The maximum atomic E-state index is 11.6. The van der Waals surface area contributed by atoms with E-state index in [0.29, 0.717) is 5.92 Å². The van der Waals surface area contributed by atoms with E-state index in [9.17, 15) is 4.79 Å². The first kappa shape index (κ1) is 10.1. The standard InChI is InChI=1S/C12H14N4O/c17-12(13-6-8-1-2-8)15-10-3-4-11-9(5-10)7-14-16-11/h3-5,7-8H,1-2,6H2,(H,14,16)(H2,13,15,17). The summed E-state index contributed by atoms with van der Waals surface area (Å²) in [6, 6.07) is 5.52. The molecule has 1 aliphatic rings. The number of hydrogen-bond acceptors (Lipinski definition) is 2. The van der Waals surface area contributed by atoms with E-state index in [1.165, 1.54) is 12.8 Å². The van der Waals surface area contributed by atoms with E-state index in [0.717, 1.165) is 23.1 Å². The van der Waals surface area contributed by atoms with Gasteiger partial charge < -0.3 is 10.6 Å². The van der Waals surface area contributed by atoms with Gasteiger partial charge in [-0.05, 0) is 37.0 Å². The molecule has 1 saturated carbocycles. The van der Waals surface area contributed by atoms with Crippen molar-refractivity contribution in [2.45, 2.75) is 12.8 Å². The molecule has 0 radical (unpaired) electrons. The van der Waals surface area contributed by atoms with Crippen molar-refractivity contribution in [1.29, 1.82) is 0 Å². The number of urea groups is 1. The zero-order chi connectivity index (χ0) is 11.7. The summed E-state index contributed by atoms with van der Waals surface area (Å²) in [6.45, 7) is 0.778. The summed E-state index contributed by atoms with van der Waals surface area (Å²) in [5.74, 6) is 0.692. The number of benzene rings is 1. The van der Waals surface area contributed by atoms with Crippen molar-refractivity contribution in [3.63, 3.8) is 0 Å². The fourth-order valence-corrected chi connectivity index (χ4v) is 1.75. The second kappa shape index (κ2) is 4.08. The summed E-state index contributed by atoms with van der Waals surface area (Å²) in [5, 5.41) is 13.5. The van der Waals surface area contributed by atoms with E-state index < -0.39 is 0 Å². The molecule has 0 bridgehead atoms. The highest BCUT2D eigenvalue weighted by molar-refractivity contribution is 5.92. The van der Waals surface area contributed by atoms with E-state index in [4.69, 9.17) is 0 Å². The number of hydrogen-bond donors (Lipinski definition) is 3. The lowest BCUT2D eigenvalue weighted by Gasteiger charge is -2.06. The lowest BCUT2D eigenvalue weighted by molar-refractivity contribution is 0.251. The summed E-state index contributed by atoms with van der Waals surface area (Å²) in [7, 11) is 0. The molecule has 1 aromatic carbocycles. The van der Waals surface area contributed by atoms with E-state index in [1.54, 1.807) is 6.20 Å². The van der Waals surface area contributed by atoms with Gasteiger partial charge in [-0.1, -0.05) is 0 Å². The molecule has 0 unspecified atom stereocenters. The number of carbonyl (C=O) groups is 1. The topological polar surface area (TPSA) is 69.8 Å². The lowest BCUT2D eigenvalue weighted by Crippen LogP contribution is -2.30. The minimum Gasteiger partial charge on any atom is -0.338 e. The normalized spacial score (nSPS) is 14.8. The molecule has 17 heavy (non-hydrogen) atoms. The van der Waals surface area contributed by atoms with Gasteiger partial charge >= 0.3 is 6.03 Å². The Hall–Kier alpha value is -2.04. The SMILES string of the molecule is O=C(NCC1CC1)Nc1ccc2[nH]ncc2c1. The highest BCUT2D eigenvalue weighted by atomic mass is 16.2. The Morgan fingerprint density at radius 3 is 3.18 bits per heavy atom. The number of aromatic amines is 1. The van der Waals surface area contributed by atoms with Crippen LogP contribution < -0.4 is 10.6 Å². The summed E-state index contributed by atoms with van der Waals surface area (Å²) in [4.78, 5) is 11.6. The summed E-state index contributed by atoms with van der Waals surface area (Å²) in [5.41, 5.74) is 1.75. The molecule has 0 saturated heterocycles. The quantitative estimate of drug-likeness (QED) is 0.755. The molecule has 5 heteroatoms. The van der Waals surface area contributed by atoms with Crippen molar-refractivity contribution in [3.8, 4) is 0 Å². The summed E-state index contributed by atoms with van der Waals surface area (Å²) in [6.07, 6.45) is 4.21. The van der Waals surface area contributed by atoms with Crippen molar-refractivity contribution in [2.75, 3.05) is 11.9 Å². The van der Waals surface area contributed by atoms with Gasteiger partial charge in [0.2, 0.25) is 0 Å². The van der Waals surface area contributed by atoms with Crippen LogP contribution in [0.25, 0.3) is 10.9 Å². The van der Waals surface area contributed by atoms with Crippen LogP contribution in [-0.4, -0.2) is 22.8 Å². The molecule has 1 fully saturated rings. The molecule has 5 nitrogen and oxygen atoms in total. The first-order valence-electron chi connectivity index (χ1n) is 5.79. The van der Waals surface area contributed by atoms with Crippen LogP contribution in [-0.2, 0) is 0 Å². The molecule has 1 heterocycles. The zero-order valence-electron chi connectivity index (χ0n) is 9.36. The molecular weight excluding hydrogens is 216 g/mol. The molecule has 2 amide bonds. The van der Waals surface area contributed by atoms with Crippen molar-refractivity contribution >= 4 is 22.6 Å². The number of aromatic nitrogens is 2. The van der Waals surface area contributed by atoms with Gasteiger partial charge in [-0.3, -0.25) is 5.10 Å². The van der Waals surface area contributed by atoms with Crippen LogP contribution in [0.15, 0.2) is 24.4 Å². The Morgan fingerprint density at radius 1 is 1.47 bits per heavy atom. The molecule has 0 spiro atoms. The smallest absolute Gasteiger partial charge is 0.319 e. The van der Waals surface area contributed by atoms with Gasteiger partial charge in [0.05, 0.1) is 11.7 Å². The van der Waals surface area contributed by atoms with Gasteiger partial charge in [-0.15, -0.1) is 0 Å². The highest BCUT2D eigenvalue weighted by Gasteiger charge is 2.21. The van der Waals surface area contributed by atoms with Gasteiger partial charge in [0.15, 0.2) is 0 Å². The highest BCUT2D eigenvalue weighted by Crippen LogP contribution is 2.27. The van der Waals surface area contributed by atoms with Crippen molar-refractivity contribution in [3.05, 3.63) is 24.4 Å². The molecule has 3 N–H and O–H groups in total. The first-order chi connectivity index (χ1) is 8.31. The van der Waals surface area contributed by atoms with Gasteiger partial charge in [-0.25, -0.2) is 4.79 Å². The second-order valence-corrected chi connectivity index (χ2v) is 4.45. The third kappa shape index (κ3) is 2.38.